The molecular formula is C13H17N3O. The third-order valence-corrected chi connectivity index (χ3v) is 2.71. The summed E-state index contributed by atoms with van der Waals surface area (Å²) < 4.78 is 7.50. The van der Waals surface area contributed by atoms with Crippen molar-refractivity contribution in [3.8, 4) is 5.75 Å². The Hall–Kier alpha value is -1.97. The lowest BCUT2D eigenvalue weighted by Crippen LogP contribution is -2.00. The SMILES string of the molecule is Cc1cc(OCc2ccn(C)n2)c(C)cc1N. The molecule has 2 aromatic rings. The van der Waals surface area contributed by atoms with Gasteiger partial charge in [-0.1, -0.05) is 0 Å². The Bertz CT molecular complexity index is 531. The lowest BCUT2D eigenvalue weighted by Gasteiger charge is -2.10. The van der Waals surface area contributed by atoms with E-state index < -0.39 is 0 Å². The van der Waals surface area contributed by atoms with Crippen molar-refractivity contribution in [2.24, 2.45) is 7.05 Å². The van der Waals surface area contributed by atoms with Crippen LogP contribution >= 0.6 is 0 Å². The Kier molecular flexibility index (Phi) is 3.04. The molecule has 0 radical (unpaired) electrons. The van der Waals surface area contributed by atoms with Crippen molar-refractivity contribution in [3.63, 3.8) is 0 Å². The van der Waals surface area contributed by atoms with E-state index in [1.165, 1.54) is 0 Å². The van der Waals surface area contributed by atoms with Crippen LogP contribution in [0.2, 0.25) is 0 Å². The highest BCUT2D eigenvalue weighted by Crippen LogP contribution is 2.24. The molecule has 0 aliphatic rings. The number of nitrogen functional groups attached to an aromatic ring is 1. The summed E-state index contributed by atoms with van der Waals surface area (Å²) in [6.07, 6.45) is 1.90. The molecule has 2 N–H and O–H groups in total. The Labute approximate surface area is 101 Å². The third kappa shape index (κ3) is 2.58. The van der Waals surface area contributed by atoms with Gasteiger partial charge in [-0.2, -0.15) is 5.10 Å². The first-order valence-electron chi connectivity index (χ1n) is 5.54. The summed E-state index contributed by atoms with van der Waals surface area (Å²) in [6.45, 7) is 4.44. The number of anilines is 1. The number of hydrogen-bond acceptors (Lipinski definition) is 3. The van der Waals surface area contributed by atoms with Crippen LogP contribution in [0.15, 0.2) is 24.4 Å². The third-order valence-electron chi connectivity index (χ3n) is 2.71. The fraction of sp³-hybridized carbons (Fsp3) is 0.308. The van der Waals surface area contributed by atoms with Gasteiger partial charge in [-0.15, -0.1) is 0 Å². The number of aryl methyl sites for hydroxylation is 3. The molecule has 2 rings (SSSR count). The fourth-order valence-corrected chi connectivity index (χ4v) is 1.66. The normalized spacial score (nSPS) is 10.5. The van der Waals surface area contributed by atoms with Crippen LogP contribution in [0.25, 0.3) is 0 Å². The highest BCUT2D eigenvalue weighted by atomic mass is 16.5. The minimum Gasteiger partial charge on any atom is -0.487 e. The highest BCUT2D eigenvalue weighted by molar-refractivity contribution is 5.53. The van der Waals surface area contributed by atoms with Gasteiger partial charge in [0.1, 0.15) is 12.4 Å². The summed E-state index contributed by atoms with van der Waals surface area (Å²) in [4.78, 5) is 0. The van der Waals surface area contributed by atoms with E-state index in [-0.39, 0.29) is 0 Å². The molecule has 17 heavy (non-hydrogen) atoms. The lowest BCUT2D eigenvalue weighted by atomic mass is 10.1. The van der Waals surface area contributed by atoms with E-state index in [4.69, 9.17) is 10.5 Å². The van der Waals surface area contributed by atoms with Gasteiger partial charge in [0.05, 0.1) is 5.69 Å². The molecule has 1 heterocycles. The molecule has 0 bridgehead atoms. The number of aromatic nitrogens is 2. The molecule has 0 aliphatic heterocycles. The van der Waals surface area contributed by atoms with Gasteiger partial charge in [-0.25, -0.2) is 0 Å². The largest absolute Gasteiger partial charge is 0.487 e. The van der Waals surface area contributed by atoms with Crippen LogP contribution in [-0.2, 0) is 13.7 Å². The van der Waals surface area contributed by atoms with E-state index in [1.807, 2.05) is 45.3 Å². The average Bonchev–Trinajstić information content (AvgIpc) is 2.68. The van der Waals surface area contributed by atoms with Crippen molar-refractivity contribution in [1.29, 1.82) is 0 Å². The van der Waals surface area contributed by atoms with Crippen molar-refractivity contribution in [1.82, 2.24) is 9.78 Å². The fourth-order valence-electron chi connectivity index (χ4n) is 1.66. The second-order valence-corrected chi connectivity index (χ2v) is 4.24. The summed E-state index contributed by atoms with van der Waals surface area (Å²) in [7, 11) is 1.89. The quantitative estimate of drug-likeness (QED) is 0.824. The van der Waals surface area contributed by atoms with Gasteiger partial charge < -0.3 is 10.5 Å². The van der Waals surface area contributed by atoms with Crippen LogP contribution in [0.5, 0.6) is 5.75 Å². The van der Waals surface area contributed by atoms with E-state index in [0.29, 0.717) is 6.61 Å². The maximum atomic E-state index is 5.83. The Morgan fingerprint density at radius 1 is 1.29 bits per heavy atom. The number of benzene rings is 1. The standard InChI is InChI=1S/C13H17N3O/c1-9-7-13(10(2)6-12(9)14)17-8-11-4-5-16(3)15-11/h4-7H,8,14H2,1-3H3. The zero-order valence-electron chi connectivity index (χ0n) is 10.4. The molecule has 0 atom stereocenters. The predicted molar refractivity (Wildman–Crippen MR) is 67.9 cm³/mol. The highest BCUT2D eigenvalue weighted by Gasteiger charge is 2.04. The van der Waals surface area contributed by atoms with Gasteiger partial charge >= 0.3 is 0 Å². The van der Waals surface area contributed by atoms with E-state index in [9.17, 15) is 0 Å². The van der Waals surface area contributed by atoms with Gasteiger partial charge in [-0.3, -0.25) is 4.68 Å². The predicted octanol–water partition coefficient (Wildman–Crippen LogP) is 2.20. The van der Waals surface area contributed by atoms with Crippen LogP contribution in [0.1, 0.15) is 16.8 Å². The number of ether oxygens (including phenoxy) is 1. The molecule has 90 valence electrons. The summed E-state index contributed by atoms with van der Waals surface area (Å²) in [5, 5.41) is 4.26. The van der Waals surface area contributed by atoms with Crippen molar-refractivity contribution < 1.29 is 4.74 Å². The smallest absolute Gasteiger partial charge is 0.132 e. The number of nitrogens with two attached hydrogens (primary N) is 1. The molecular weight excluding hydrogens is 214 g/mol. The molecule has 4 heteroatoms. The molecule has 0 saturated carbocycles. The van der Waals surface area contributed by atoms with Crippen LogP contribution in [0.4, 0.5) is 5.69 Å². The molecule has 1 aromatic heterocycles. The second-order valence-electron chi connectivity index (χ2n) is 4.24. The minimum atomic E-state index is 0.477. The Balaban J connectivity index is 2.11. The van der Waals surface area contributed by atoms with Crippen LogP contribution in [0.3, 0.4) is 0 Å². The van der Waals surface area contributed by atoms with Crippen LogP contribution < -0.4 is 10.5 Å². The molecule has 0 aliphatic carbocycles. The summed E-state index contributed by atoms with van der Waals surface area (Å²) in [5.41, 5.74) is 9.62. The van der Waals surface area contributed by atoms with Gasteiger partial charge in [0, 0.05) is 18.9 Å². The Morgan fingerprint density at radius 2 is 2.06 bits per heavy atom. The molecule has 1 aromatic carbocycles. The maximum Gasteiger partial charge on any atom is 0.132 e. The van der Waals surface area contributed by atoms with Crippen molar-refractivity contribution in [3.05, 3.63) is 41.2 Å². The maximum absolute atomic E-state index is 5.83. The number of rotatable bonds is 3. The molecule has 0 unspecified atom stereocenters. The zero-order chi connectivity index (χ0) is 12.4. The van der Waals surface area contributed by atoms with Gasteiger partial charge in [0.2, 0.25) is 0 Å². The monoisotopic (exact) mass is 231 g/mol. The summed E-state index contributed by atoms with van der Waals surface area (Å²) in [5.74, 6) is 0.863. The Morgan fingerprint density at radius 3 is 2.71 bits per heavy atom. The van der Waals surface area contributed by atoms with Crippen molar-refractivity contribution >= 4 is 5.69 Å². The molecule has 0 spiro atoms. The molecule has 0 saturated heterocycles. The number of hydrogen-bond donors (Lipinski definition) is 1. The van der Waals surface area contributed by atoms with Crippen LogP contribution in [-0.4, -0.2) is 9.78 Å². The first-order valence-corrected chi connectivity index (χ1v) is 5.54. The average molecular weight is 231 g/mol. The second kappa shape index (κ2) is 4.49. The van der Waals surface area contributed by atoms with Crippen molar-refractivity contribution in [2.75, 3.05) is 5.73 Å². The zero-order valence-corrected chi connectivity index (χ0v) is 10.4. The van der Waals surface area contributed by atoms with E-state index in [0.717, 1.165) is 28.3 Å². The molecule has 0 fully saturated rings. The van der Waals surface area contributed by atoms with Gasteiger partial charge in [0.15, 0.2) is 0 Å². The lowest BCUT2D eigenvalue weighted by molar-refractivity contribution is 0.298. The summed E-state index contributed by atoms with van der Waals surface area (Å²) in [6, 6.07) is 5.84. The van der Waals surface area contributed by atoms with Gasteiger partial charge in [-0.05, 0) is 43.2 Å². The van der Waals surface area contributed by atoms with E-state index in [1.54, 1.807) is 4.68 Å². The van der Waals surface area contributed by atoms with E-state index >= 15 is 0 Å². The molecule has 0 amide bonds. The first-order chi connectivity index (χ1) is 8.06. The molecule has 4 nitrogen and oxygen atoms in total. The number of nitrogens with zero attached hydrogens (tertiary/aromatic N) is 2. The topological polar surface area (TPSA) is 53.1 Å². The van der Waals surface area contributed by atoms with E-state index in [2.05, 4.69) is 5.10 Å². The van der Waals surface area contributed by atoms with Crippen LogP contribution in [0, 0.1) is 13.8 Å². The minimum absolute atomic E-state index is 0.477. The summed E-state index contributed by atoms with van der Waals surface area (Å²) >= 11 is 0. The van der Waals surface area contributed by atoms with Crippen molar-refractivity contribution in [2.45, 2.75) is 20.5 Å². The van der Waals surface area contributed by atoms with Gasteiger partial charge in [0.25, 0.3) is 0 Å². The first kappa shape index (κ1) is 11.5.